The number of hydrogen-bond donors (Lipinski definition) is 2. The van der Waals surface area contributed by atoms with E-state index in [0.29, 0.717) is 24.4 Å². The highest BCUT2D eigenvalue weighted by Gasteiger charge is 2.40. The number of likely N-dealkylation sites (tertiary alicyclic amines) is 1. The summed E-state index contributed by atoms with van der Waals surface area (Å²) in [6.07, 6.45) is 8.07. The van der Waals surface area contributed by atoms with E-state index in [1.165, 1.54) is 37.7 Å². The van der Waals surface area contributed by atoms with Gasteiger partial charge in [0.2, 0.25) is 5.91 Å². The first-order valence-electron chi connectivity index (χ1n) is 10.6. The molecule has 4 nitrogen and oxygen atoms in total. The van der Waals surface area contributed by atoms with Gasteiger partial charge in [0.25, 0.3) is 0 Å². The first kappa shape index (κ1) is 24.7. The van der Waals surface area contributed by atoms with Gasteiger partial charge < -0.3 is 11.1 Å². The number of nitrogens with two attached hydrogens (primary N) is 1. The Hall–Kier alpha value is -0.520. The molecule has 2 saturated carbocycles. The van der Waals surface area contributed by atoms with E-state index in [0.717, 1.165) is 31.0 Å². The third-order valence-corrected chi connectivity index (χ3v) is 7.30. The van der Waals surface area contributed by atoms with Gasteiger partial charge in [-0.3, -0.25) is 9.69 Å². The molecule has 3 N–H and O–H groups in total. The lowest BCUT2D eigenvalue weighted by atomic mass is 9.65. The van der Waals surface area contributed by atoms with Crippen LogP contribution in [0.5, 0.6) is 0 Å². The van der Waals surface area contributed by atoms with Gasteiger partial charge in [0.05, 0.1) is 6.04 Å². The Bertz CT molecular complexity index is 654. The molecule has 3 aliphatic rings. The Morgan fingerprint density at radius 2 is 1.79 bits per heavy atom. The normalized spacial score (nSPS) is 30.0. The van der Waals surface area contributed by atoms with Gasteiger partial charge in [-0.2, -0.15) is 0 Å². The second kappa shape index (κ2) is 11.2. The van der Waals surface area contributed by atoms with Crippen molar-refractivity contribution in [3.05, 3.63) is 34.9 Å². The summed E-state index contributed by atoms with van der Waals surface area (Å²) in [6, 6.07) is 8.61. The smallest absolute Gasteiger partial charge is 0.223 e. The maximum Gasteiger partial charge on any atom is 0.223 e. The van der Waals surface area contributed by atoms with Crippen LogP contribution in [0.3, 0.4) is 0 Å². The van der Waals surface area contributed by atoms with Crippen LogP contribution in [0, 0.1) is 17.8 Å². The van der Waals surface area contributed by atoms with E-state index in [1.54, 1.807) is 0 Å². The van der Waals surface area contributed by atoms with Gasteiger partial charge in [0.15, 0.2) is 0 Å². The fourth-order valence-electron chi connectivity index (χ4n) is 5.57. The number of hydrogen-bond acceptors (Lipinski definition) is 3. The van der Waals surface area contributed by atoms with Crippen molar-refractivity contribution in [3.8, 4) is 0 Å². The minimum Gasteiger partial charge on any atom is -0.354 e. The zero-order valence-electron chi connectivity index (χ0n) is 16.9. The Morgan fingerprint density at radius 1 is 1.14 bits per heavy atom. The van der Waals surface area contributed by atoms with Gasteiger partial charge in [0, 0.05) is 23.5 Å². The van der Waals surface area contributed by atoms with Crippen molar-refractivity contribution in [1.29, 1.82) is 0 Å². The van der Waals surface area contributed by atoms with E-state index in [4.69, 9.17) is 17.3 Å². The number of carbonyl (C=O) groups is 1. The van der Waals surface area contributed by atoms with Crippen LogP contribution in [0.15, 0.2) is 24.3 Å². The Kier molecular flexibility index (Phi) is 9.56. The van der Waals surface area contributed by atoms with E-state index >= 15 is 0 Å². The molecule has 1 aromatic rings. The fourth-order valence-corrected chi connectivity index (χ4v) is 5.77. The molecule has 1 aromatic carbocycles. The zero-order chi connectivity index (χ0) is 18.8. The van der Waals surface area contributed by atoms with E-state index in [-0.39, 0.29) is 42.7 Å². The molecular formula is C22H34Cl3N3O. The predicted octanol–water partition coefficient (Wildman–Crippen LogP) is 4.59. The monoisotopic (exact) mass is 461 g/mol. The summed E-state index contributed by atoms with van der Waals surface area (Å²) < 4.78 is 0. The minimum absolute atomic E-state index is 0. The first-order valence-corrected chi connectivity index (χ1v) is 11.0. The van der Waals surface area contributed by atoms with Crippen molar-refractivity contribution >= 4 is 42.3 Å². The largest absolute Gasteiger partial charge is 0.354 e. The standard InChI is InChI=1S/C22H32ClN3O.2ClH/c23-19-8-4-5-15(13-19)20(26-9-1-2-10-26)14-25-22(27)18-11-16-6-3-7-17(12-18)21(16)24;;/h4-5,8,13,16-18,20-21H,1-3,6-7,9-12,14,24H2,(H,25,27);2*1H. The van der Waals surface area contributed by atoms with Gasteiger partial charge in [-0.15, -0.1) is 24.8 Å². The molecule has 3 fully saturated rings. The predicted molar refractivity (Wildman–Crippen MR) is 124 cm³/mol. The summed E-state index contributed by atoms with van der Waals surface area (Å²) in [5.41, 5.74) is 7.59. The van der Waals surface area contributed by atoms with Gasteiger partial charge in [-0.1, -0.05) is 30.2 Å². The van der Waals surface area contributed by atoms with Gasteiger partial charge in [-0.25, -0.2) is 0 Å². The molecule has 0 spiro atoms. The molecule has 2 aliphatic carbocycles. The van der Waals surface area contributed by atoms with Crippen molar-refractivity contribution in [2.75, 3.05) is 19.6 Å². The number of benzene rings is 1. The highest BCUT2D eigenvalue weighted by molar-refractivity contribution is 6.30. The number of nitrogens with zero attached hydrogens (tertiary/aromatic N) is 1. The third kappa shape index (κ3) is 5.80. The number of fused-ring (bicyclic) bond motifs is 2. The molecule has 2 bridgehead atoms. The number of nitrogens with one attached hydrogen (secondary N) is 1. The molecule has 164 valence electrons. The topological polar surface area (TPSA) is 58.4 Å². The summed E-state index contributed by atoms with van der Waals surface area (Å²) in [5, 5.41) is 4.05. The number of rotatable bonds is 5. The van der Waals surface area contributed by atoms with Crippen LogP contribution < -0.4 is 11.1 Å². The average molecular weight is 463 g/mol. The van der Waals surface area contributed by atoms with Crippen LogP contribution in [0.1, 0.15) is 56.6 Å². The molecule has 3 atom stereocenters. The SMILES string of the molecule is Cl.Cl.NC1C2CCCC1CC(C(=O)NCC(c1cccc(Cl)c1)N1CCCC1)C2. The third-order valence-electron chi connectivity index (χ3n) is 7.07. The maximum absolute atomic E-state index is 13.0. The van der Waals surface area contributed by atoms with Crippen molar-refractivity contribution in [3.63, 3.8) is 0 Å². The first-order chi connectivity index (χ1) is 13.1. The lowest BCUT2D eigenvalue weighted by Gasteiger charge is -2.43. The van der Waals surface area contributed by atoms with Crippen LogP contribution in [0.4, 0.5) is 0 Å². The molecule has 1 saturated heterocycles. The van der Waals surface area contributed by atoms with Crippen LogP contribution in [0.25, 0.3) is 0 Å². The van der Waals surface area contributed by atoms with Crippen molar-refractivity contribution in [1.82, 2.24) is 10.2 Å². The molecule has 1 amide bonds. The quantitative estimate of drug-likeness (QED) is 0.673. The molecule has 4 rings (SSSR count). The lowest BCUT2D eigenvalue weighted by molar-refractivity contribution is -0.128. The average Bonchev–Trinajstić information content (AvgIpc) is 3.16. The maximum atomic E-state index is 13.0. The molecule has 3 unspecified atom stereocenters. The molecule has 1 heterocycles. The summed E-state index contributed by atoms with van der Waals surface area (Å²) >= 11 is 6.23. The summed E-state index contributed by atoms with van der Waals surface area (Å²) in [4.78, 5) is 15.4. The van der Waals surface area contributed by atoms with Crippen LogP contribution in [-0.2, 0) is 4.79 Å². The minimum atomic E-state index is 0. The molecular weight excluding hydrogens is 429 g/mol. The van der Waals surface area contributed by atoms with E-state index in [1.807, 2.05) is 18.2 Å². The zero-order valence-corrected chi connectivity index (χ0v) is 19.3. The second-order valence-electron chi connectivity index (χ2n) is 8.76. The summed E-state index contributed by atoms with van der Waals surface area (Å²) in [7, 11) is 0. The van der Waals surface area contributed by atoms with E-state index < -0.39 is 0 Å². The highest BCUT2D eigenvalue weighted by atomic mass is 35.5. The lowest BCUT2D eigenvalue weighted by Crippen LogP contribution is -2.49. The van der Waals surface area contributed by atoms with Crippen LogP contribution >= 0.6 is 36.4 Å². The molecule has 29 heavy (non-hydrogen) atoms. The molecule has 7 heteroatoms. The molecule has 0 radical (unpaired) electrons. The van der Waals surface area contributed by atoms with Crippen molar-refractivity contribution < 1.29 is 4.79 Å². The Balaban J connectivity index is 0.00000150. The van der Waals surface area contributed by atoms with Crippen LogP contribution in [0.2, 0.25) is 5.02 Å². The van der Waals surface area contributed by atoms with Crippen molar-refractivity contribution in [2.45, 2.75) is 57.0 Å². The van der Waals surface area contributed by atoms with Gasteiger partial charge in [-0.05, 0) is 81.1 Å². The Morgan fingerprint density at radius 3 is 2.41 bits per heavy atom. The van der Waals surface area contributed by atoms with E-state index in [2.05, 4.69) is 16.3 Å². The van der Waals surface area contributed by atoms with Crippen molar-refractivity contribution in [2.24, 2.45) is 23.5 Å². The Labute approximate surface area is 192 Å². The summed E-state index contributed by atoms with van der Waals surface area (Å²) in [6.45, 7) is 2.85. The molecule has 0 aromatic heterocycles. The fraction of sp³-hybridized carbons (Fsp3) is 0.682. The van der Waals surface area contributed by atoms with Gasteiger partial charge in [0.1, 0.15) is 0 Å². The number of halogens is 3. The highest BCUT2D eigenvalue weighted by Crippen LogP contribution is 2.42. The number of carbonyl (C=O) groups excluding carboxylic acids is 1. The number of amides is 1. The second-order valence-corrected chi connectivity index (χ2v) is 9.19. The summed E-state index contributed by atoms with van der Waals surface area (Å²) in [5.74, 6) is 1.44. The van der Waals surface area contributed by atoms with Crippen LogP contribution in [-0.4, -0.2) is 36.5 Å². The van der Waals surface area contributed by atoms with Gasteiger partial charge >= 0.3 is 0 Å². The van der Waals surface area contributed by atoms with E-state index in [9.17, 15) is 4.79 Å². The molecule has 1 aliphatic heterocycles.